The number of aromatic nitrogens is 2. The highest BCUT2D eigenvalue weighted by Crippen LogP contribution is 2.49. The molecule has 0 saturated heterocycles. The Morgan fingerprint density at radius 1 is 0.900 bits per heavy atom. The third-order valence-electron chi connectivity index (χ3n) is 5.76. The SMILES string of the molecule is NC1=CC(c2nc3ccccc3[nH]2)(c2ccccc2F)C(c2ccc(N)cc2)C=C1. The lowest BCUT2D eigenvalue weighted by Gasteiger charge is -2.39. The molecule has 0 radical (unpaired) electrons. The molecular weight excluding hydrogens is 375 g/mol. The van der Waals surface area contributed by atoms with Crippen LogP contribution in [0, 0.1) is 5.82 Å². The number of rotatable bonds is 3. The fourth-order valence-electron chi connectivity index (χ4n) is 4.37. The van der Waals surface area contributed by atoms with E-state index >= 15 is 4.39 Å². The predicted octanol–water partition coefficient (Wildman–Crippen LogP) is 4.77. The van der Waals surface area contributed by atoms with Crippen molar-refractivity contribution in [3.05, 3.63) is 119 Å². The largest absolute Gasteiger partial charge is 0.399 e. The van der Waals surface area contributed by atoms with E-state index in [2.05, 4.69) is 4.98 Å². The molecule has 30 heavy (non-hydrogen) atoms. The van der Waals surface area contributed by atoms with Gasteiger partial charge >= 0.3 is 0 Å². The maximum absolute atomic E-state index is 15.3. The fourth-order valence-corrected chi connectivity index (χ4v) is 4.37. The Morgan fingerprint density at radius 3 is 2.40 bits per heavy atom. The summed E-state index contributed by atoms with van der Waals surface area (Å²) in [6.45, 7) is 0. The Hall–Kier alpha value is -3.86. The molecule has 1 aliphatic rings. The highest BCUT2D eigenvalue weighted by atomic mass is 19.1. The number of hydrogen-bond donors (Lipinski definition) is 3. The van der Waals surface area contributed by atoms with Gasteiger partial charge in [-0.2, -0.15) is 0 Å². The number of fused-ring (bicyclic) bond motifs is 1. The van der Waals surface area contributed by atoms with Crippen molar-refractivity contribution in [2.45, 2.75) is 11.3 Å². The van der Waals surface area contributed by atoms with Crippen molar-refractivity contribution in [1.82, 2.24) is 9.97 Å². The quantitative estimate of drug-likeness (QED) is 0.437. The van der Waals surface area contributed by atoms with Gasteiger partial charge in [0.2, 0.25) is 0 Å². The molecule has 4 aromatic rings. The van der Waals surface area contributed by atoms with Crippen LogP contribution in [0.15, 0.2) is 96.7 Å². The van der Waals surface area contributed by atoms with Gasteiger partial charge in [0, 0.05) is 22.9 Å². The fraction of sp³-hybridized carbons (Fsp3) is 0.0800. The standard InChI is InChI=1S/C25H21FN4/c26-21-6-2-1-5-20(21)25(24-29-22-7-3-4-8-23(22)30-24)15-18(28)13-14-19(25)16-9-11-17(27)12-10-16/h1-15,19H,27-28H2,(H,29,30). The van der Waals surface area contributed by atoms with Crippen LogP contribution < -0.4 is 11.5 Å². The van der Waals surface area contributed by atoms with Gasteiger partial charge in [-0.15, -0.1) is 0 Å². The smallest absolute Gasteiger partial charge is 0.127 e. The third-order valence-corrected chi connectivity index (χ3v) is 5.76. The molecule has 5 rings (SSSR count). The Labute approximate surface area is 173 Å². The highest BCUT2D eigenvalue weighted by molar-refractivity contribution is 5.76. The third kappa shape index (κ3) is 2.78. The number of allylic oxidation sites excluding steroid dienone is 3. The zero-order valence-electron chi connectivity index (χ0n) is 16.2. The zero-order chi connectivity index (χ0) is 20.7. The van der Waals surface area contributed by atoms with Crippen LogP contribution >= 0.6 is 0 Å². The number of nitrogens with one attached hydrogen (secondary N) is 1. The van der Waals surface area contributed by atoms with Gasteiger partial charge in [-0.1, -0.05) is 48.5 Å². The first-order valence-corrected chi connectivity index (χ1v) is 9.80. The van der Waals surface area contributed by atoms with E-state index in [-0.39, 0.29) is 11.7 Å². The molecule has 2 unspecified atom stereocenters. The second kappa shape index (κ2) is 6.88. The van der Waals surface area contributed by atoms with Gasteiger partial charge < -0.3 is 16.5 Å². The first-order valence-electron chi connectivity index (χ1n) is 9.80. The van der Waals surface area contributed by atoms with Crippen LogP contribution in [0.5, 0.6) is 0 Å². The summed E-state index contributed by atoms with van der Waals surface area (Å²) in [4.78, 5) is 8.30. The van der Waals surface area contributed by atoms with E-state index in [1.807, 2.05) is 72.8 Å². The molecule has 0 spiro atoms. The number of nitrogen functional groups attached to an aromatic ring is 1. The molecule has 3 aromatic carbocycles. The highest BCUT2D eigenvalue weighted by Gasteiger charge is 2.46. The summed E-state index contributed by atoms with van der Waals surface area (Å²) < 4.78 is 15.3. The number of imidazole rings is 1. The van der Waals surface area contributed by atoms with Gasteiger partial charge in [0.05, 0.1) is 16.4 Å². The van der Waals surface area contributed by atoms with Crippen LogP contribution in [-0.4, -0.2) is 9.97 Å². The molecule has 0 amide bonds. The van der Waals surface area contributed by atoms with Crippen LogP contribution in [-0.2, 0) is 5.41 Å². The Morgan fingerprint density at radius 2 is 1.63 bits per heavy atom. The molecule has 1 aromatic heterocycles. The van der Waals surface area contributed by atoms with Crippen molar-refractivity contribution in [2.75, 3.05) is 5.73 Å². The summed E-state index contributed by atoms with van der Waals surface area (Å²) in [5.74, 6) is 0.100. The van der Waals surface area contributed by atoms with Crippen molar-refractivity contribution in [3.8, 4) is 0 Å². The summed E-state index contributed by atoms with van der Waals surface area (Å²) in [7, 11) is 0. The second-order valence-corrected chi connectivity index (χ2v) is 7.60. The number of nitrogens with zero attached hydrogens (tertiary/aromatic N) is 1. The minimum Gasteiger partial charge on any atom is -0.399 e. The summed E-state index contributed by atoms with van der Waals surface area (Å²) in [6, 6.07) is 22.2. The molecule has 0 saturated carbocycles. The minimum atomic E-state index is -0.945. The van der Waals surface area contributed by atoms with Gasteiger partial charge in [-0.25, -0.2) is 9.37 Å². The summed E-state index contributed by atoms with van der Waals surface area (Å²) in [6.07, 6.45) is 5.79. The molecule has 148 valence electrons. The Balaban J connectivity index is 1.85. The number of nitrogens with two attached hydrogens (primary N) is 2. The minimum absolute atomic E-state index is 0.233. The number of H-pyrrole nitrogens is 1. The van der Waals surface area contributed by atoms with Gasteiger partial charge in [-0.3, -0.25) is 0 Å². The molecule has 0 fully saturated rings. The van der Waals surface area contributed by atoms with Gasteiger partial charge in [0.1, 0.15) is 11.6 Å². The van der Waals surface area contributed by atoms with Crippen molar-refractivity contribution >= 4 is 16.7 Å². The van der Waals surface area contributed by atoms with E-state index in [4.69, 9.17) is 16.5 Å². The van der Waals surface area contributed by atoms with Crippen LogP contribution in [0.3, 0.4) is 0 Å². The molecule has 5 heteroatoms. The average Bonchev–Trinajstić information content (AvgIpc) is 3.19. The molecule has 0 aliphatic heterocycles. The van der Waals surface area contributed by atoms with Gasteiger partial charge in [0.25, 0.3) is 0 Å². The van der Waals surface area contributed by atoms with E-state index in [9.17, 15) is 0 Å². The Bertz CT molecular complexity index is 1250. The van der Waals surface area contributed by atoms with Gasteiger partial charge in [0.15, 0.2) is 0 Å². The lowest BCUT2D eigenvalue weighted by atomic mass is 9.64. The van der Waals surface area contributed by atoms with Crippen molar-refractivity contribution < 1.29 is 4.39 Å². The normalized spacial score (nSPS) is 21.0. The summed E-state index contributed by atoms with van der Waals surface area (Å²) in [5.41, 5.74) is 15.7. The lowest BCUT2D eigenvalue weighted by Crippen LogP contribution is -2.37. The summed E-state index contributed by atoms with van der Waals surface area (Å²) in [5, 5.41) is 0. The number of benzene rings is 3. The lowest BCUT2D eigenvalue weighted by molar-refractivity contribution is 0.493. The van der Waals surface area contributed by atoms with Crippen molar-refractivity contribution in [2.24, 2.45) is 5.73 Å². The van der Waals surface area contributed by atoms with E-state index < -0.39 is 5.41 Å². The van der Waals surface area contributed by atoms with Crippen LogP contribution in [0.4, 0.5) is 10.1 Å². The van der Waals surface area contributed by atoms with Crippen LogP contribution in [0.1, 0.15) is 22.9 Å². The molecule has 5 N–H and O–H groups in total. The first kappa shape index (κ1) is 18.2. The maximum Gasteiger partial charge on any atom is 0.127 e. The molecule has 4 nitrogen and oxygen atoms in total. The van der Waals surface area contributed by atoms with Crippen molar-refractivity contribution in [3.63, 3.8) is 0 Å². The molecule has 2 atom stereocenters. The number of halogens is 1. The Kier molecular flexibility index (Phi) is 4.17. The van der Waals surface area contributed by atoms with Crippen LogP contribution in [0.2, 0.25) is 0 Å². The van der Waals surface area contributed by atoms with E-state index in [0.717, 1.165) is 16.6 Å². The number of aromatic amines is 1. The molecule has 1 aliphatic carbocycles. The summed E-state index contributed by atoms with van der Waals surface area (Å²) >= 11 is 0. The topological polar surface area (TPSA) is 80.7 Å². The first-order chi connectivity index (χ1) is 14.6. The molecule has 1 heterocycles. The van der Waals surface area contributed by atoms with E-state index in [0.29, 0.717) is 22.8 Å². The number of hydrogen-bond acceptors (Lipinski definition) is 3. The monoisotopic (exact) mass is 396 g/mol. The van der Waals surface area contributed by atoms with Gasteiger partial charge in [-0.05, 0) is 48.0 Å². The van der Waals surface area contributed by atoms with Crippen molar-refractivity contribution in [1.29, 1.82) is 0 Å². The molecular formula is C25H21FN4. The van der Waals surface area contributed by atoms with Crippen LogP contribution in [0.25, 0.3) is 11.0 Å². The number of para-hydroxylation sites is 2. The van der Waals surface area contributed by atoms with E-state index in [1.165, 1.54) is 6.07 Å². The predicted molar refractivity (Wildman–Crippen MR) is 118 cm³/mol. The average molecular weight is 396 g/mol. The van der Waals surface area contributed by atoms with E-state index in [1.54, 1.807) is 12.1 Å². The maximum atomic E-state index is 15.3. The second-order valence-electron chi connectivity index (χ2n) is 7.60. The zero-order valence-corrected chi connectivity index (χ0v) is 16.2. The molecule has 0 bridgehead atoms. The number of anilines is 1.